The SMILES string of the molecule is CCOc1cc(C(C)=O)ccc1C1=N[C@@H](c2ccc(Cl)cc2)[C@@H](c2ccc(Cl)cc2)N1C(=O)N1CCNC(=O)C1. The van der Waals surface area contributed by atoms with E-state index in [0.29, 0.717) is 52.5 Å². The van der Waals surface area contributed by atoms with Crippen molar-refractivity contribution in [2.24, 2.45) is 4.99 Å². The van der Waals surface area contributed by atoms with E-state index in [1.54, 1.807) is 47.4 Å². The maximum atomic E-state index is 14.3. The highest BCUT2D eigenvalue weighted by Crippen LogP contribution is 2.45. The zero-order valence-corrected chi connectivity index (χ0v) is 23.6. The van der Waals surface area contributed by atoms with Crippen molar-refractivity contribution in [3.63, 3.8) is 0 Å². The number of halogens is 2. The second-order valence-electron chi connectivity index (χ2n) is 9.57. The molecule has 0 radical (unpaired) electrons. The van der Waals surface area contributed by atoms with Crippen LogP contribution < -0.4 is 10.1 Å². The summed E-state index contributed by atoms with van der Waals surface area (Å²) in [7, 11) is 0. The third kappa shape index (κ3) is 5.55. The second-order valence-corrected chi connectivity index (χ2v) is 10.4. The molecule has 2 aliphatic rings. The van der Waals surface area contributed by atoms with Gasteiger partial charge in [-0.25, -0.2) is 4.79 Å². The molecule has 0 aliphatic carbocycles. The first-order valence-electron chi connectivity index (χ1n) is 13.0. The molecule has 2 aliphatic heterocycles. The average molecular weight is 579 g/mol. The molecule has 40 heavy (non-hydrogen) atoms. The van der Waals surface area contributed by atoms with Crippen LogP contribution >= 0.6 is 23.2 Å². The maximum absolute atomic E-state index is 14.3. The van der Waals surface area contributed by atoms with E-state index in [0.717, 1.165) is 11.1 Å². The van der Waals surface area contributed by atoms with Gasteiger partial charge in [0.2, 0.25) is 5.91 Å². The number of carbonyl (C=O) groups excluding carboxylic acids is 3. The second kappa shape index (κ2) is 11.7. The summed E-state index contributed by atoms with van der Waals surface area (Å²) in [5.74, 6) is 0.491. The van der Waals surface area contributed by atoms with Gasteiger partial charge in [-0.2, -0.15) is 0 Å². The van der Waals surface area contributed by atoms with Crippen LogP contribution in [0.2, 0.25) is 10.0 Å². The van der Waals surface area contributed by atoms with Crippen molar-refractivity contribution in [1.82, 2.24) is 15.1 Å². The summed E-state index contributed by atoms with van der Waals surface area (Å²) in [4.78, 5) is 47.0. The van der Waals surface area contributed by atoms with Gasteiger partial charge in [0, 0.05) is 28.7 Å². The lowest BCUT2D eigenvalue weighted by Gasteiger charge is -2.35. The monoisotopic (exact) mass is 578 g/mol. The number of ketones is 1. The van der Waals surface area contributed by atoms with Crippen LogP contribution in [0.5, 0.6) is 5.75 Å². The Balaban J connectivity index is 1.71. The van der Waals surface area contributed by atoms with E-state index in [2.05, 4.69) is 5.32 Å². The van der Waals surface area contributed by atoms with Crippen molar-refractivity contribution in [1.29, 1.82) is 0 Å². The molecule has 206 valence electrons. The van der Waals surface area contributed by atoms with Crippen LogP contribution in [-0.4, -0.2) is 59.6 Å². The third-order valence-corrected chi connectivity index (χ3v) is 7.44. The van der Waals surface area contributed by atoms with Crippen LogP contribution in [0.4, 0.5) is 4.79 Å². The zero-order valence-electron chi connectivity index (χ0n) is 22.1. The molecule has 0 spiro atoms. The molecule has 1 saturated heterocycles. The topological polar surface area (TPSA) is 91.3 Å². The lowest BCUT2D eigenvalue weighted by Crippen LogP contribution is -2.55. The summed E-state index contributed by atoms with van der Waals surface area (Å²) < 4.78 is 5.96. The number of piperazine rings is 1. The van der Waals surface area contributed by atoms with Crippen molar-refractivity contribution < 1.29 is 19.1 Å². The molecule has 1 fully saturated rings. The van der Waals surface area contributed by atoms with Gasteiger partial charge in [0.25, 0.3) is 0 Å². The number of carbonyl (C=O) groups is 3. The molecule has 0 unspecified atom stereocenters. The fourth-order valence-electron chi connectivity index (χ4n) is 5.01. The molecule has 2 atom stereocenters. The number of amides is 3. The molecular weight excluding hydrogens is 551 g/mol. The van der Waals surface area contributed by atoms with Crippen molar-refractivity contribution in [2.75, 3.05) is 26.2 Å². The van der Waals surface area contributed by atoms with Crippen LogP contribution in [0.15, 0.2) is 71.7 Å². The Morgan fingerprint density at radius 2 is 1.65 bits per heavy atom. The number of rotatable bonds is 6. The number of urea groups is 1. The molecule has 3 aromatic carbocycles. The Hall–Kier alpha value is -3.88. The summed E-state index contributed by atoms with van der Waals surface area (Å²) in [6.45, 7) is 4.33. The standard InChI is InChI=1S/C30H28Cl2N4O4/c1-3-40-25-16-21(18(2)37)8-13-24(25)29-34-27(19-4-9-22(31)10-5-19)28(20-6-11-23(32)12-7-20)36(29)30(39)35-15-14-33-26(38)17-35/h4-13,16,27-28H,3,14-15,17H2,1-2H3,(H,33,38)/t27-,28+/m0/s1. The Morgan fingerprint density at radius 1 is 1.00 bits per heavy atom. The number of nitrogens with one attached hydrogen (secondary N) is 1. The van der Waals surface area contributed by atoms with E-state index in [1.807, 2.05) is 31.2 Å². The first-order valence-corrected chi connectivity index (χ1v) is 13.7. The number of aliphatic imine (C=N–C) groups is 1. The molecule has 10 heteroatoms. The highest BCUT2D eigenvalue weighted by atomic mass is 35.5. The first-order chi connectivity index (χ1) is 19.3. The van der Waals surface area contributed by atoms with Crippen molar-refractivity contribution in [2.45, 2.75) is 25.9 Å². The fourth-order valence-corrected chi connectivity index (χ4v) is 5.26. The highest BCUT2D eigenvalue weighted by molar-refractivity contribution is 6.30. The smallest absolute Gasteiger partial charge is 0.326 e. The Labute approximate surface area is 242 Å². The van der Waals surface area contributed by atoms with Crippen LogP contribution in [0.3, 0.4) is 0 Å². The Bertz CT molecular complexity index is 1470. The quantitative estimate of drug-likeness (QED) is 0.380. The van der Waals surface area contributed by atoms with E-state index in [9.17, 15) is 14.4 Å². The van der Waals surface area contributed by atoms with Gasteiger partial charge in [-0.15, -0.1) is 0 Å². The normalized spacial score (nSPS) is 18.8. The molecule has 0 bridgehead atoms. The van der Waals surface area contributed by atoms with Gasteiger partial charge in [-0.1, -0.05) is 53.5 Å². The van der Waals surface area contributed by atoms with Gasteiger partial charge >= 0.3 is 6.03 Å². The Morgan fingerprint density at radius 3 is 2.25 bits per heavy atom. The van der Waals surface area contributed by atoms with Gasteiger partial charge < -0.3 is 15.0 Å². The number of Topliss-reactive ketones (excluding diaryl/α,β-unsaturated/α-hetero) is 1. The number of benzene rings is 3. The van der Waals surface area contributed by atoms with Gasteiger partial charge in [0.15, 0.2) is 5.78 Å². The van der Waals surface area contributed by atoms with E-state index in [-0.39, 0.29) is 24.3 Å². The molecule has 5 rings (SSSR count). The van der Waals surface area contributed by atoms with Gasteiger partial charge in [-0.05, 0) is 61.4 Å². The van der Waals surface area contributed by atoms with Crippen molar-refractivity contribution in [3.05, 3.63) is 99.0 Å². The van der Waals surface area contributed by atoms with Crippen molar-refractivity contribution >= 4 is 46.8 Å². The summed E-state index contributed by atoms with van der Waals surface area (Å²) in [5.41, 5.74) is 2.72. The minimum absolute atomic E-state index is 0.0663. The maximum Gasteiger partial charge on any atom is 0.326 e. The lowest BCUT2D eigenvalue weighted by molar-refractivity contribution is -0.123. The minimum atomic E-state index is -0.562. The summed E-state index contributed by atoms with van der Waals surface area (Å²) in [5, 5.41) is 3.92. The van der Waals surface area contributed by atoms with Crippen LogP contribution in [-0.2, 0) is 4.79 Å². The zero-order chi connectivity index (χ0) is 28.4. The van der Waals surface area contributed by atoms with Gasteiger partial charge in [0.1, 0.15) is 24.2 Å². The number of nitrogens with zero attached hydrogens (tertiary/aromatic N) is 3. The van der Waals surface area contributed by atoms with E-state index in [4.69, 9.17) is 32.9 Å². The van der Waals surface area contributed by atoms with Crippen LogP contribution in [0.25, 0.3) is 0 Å². The number of hydrogen-bond acceptors (Lipinski definition) is 5. The largest absolute Gasteiger partial charge is 0.493 e. The molecule has 1 N–H and O–H groups in total. The molecule has 8 nitrogen and oxygen atoms in total. The van der Waals surface area contributed by atoms with Crippen molar-refractivity contribution in [3.8, 4) is 5.75 Å². The highest BCUT2D eigenvalue weighted by Gasteiger charge is 2.45. The van der Waals surface area contributed by atoms with Gasteiger partial charge in [-0.3, -0.25) is 19.5 Å². The summed E-state index contributed by atoms with van der Waals surface area (Å²) >= 11 is 12.4. The van der Waals surface area contributed by atoms with Crippen LogP contribution in [0.1, 0.15) is 53.0 Å². The molecule has 3 amide bonds. The van der Waals surface area contributed by atoms with E-state index in [1.165, 1.54) is 11.8 Å². The minimum Gasteiger partial charge on any atom is -0.493 e. The number of ether oxygens (including phenoxy) is 1. The molecule has 3 aromatic rings. The summed E-state index contributed by atoms with van der Waals surface area (Å²) in [6, 6.07) is 18.4. The van der Waals surface area contributed by atoms with Gasteiger partial charge in [0.05, 0.1) is 18.2 Å². The fraction of sp³-hybridized carbons (Fsp3) is 0.267. The summed E-state index contributed by atoms with van der Waals surface area (Å²) in [6.07, 6.45) is 0. The predicted octanol–water partition coefficient (Wildman–Crippen LogP) is 5.69. The Kier molecular flexibility index (Phi) is 8.09. The lowest BCUT2D eigenvalue weighted by atomic mass is 9.93. The molecular formula is C30H28Cl2N4O4. The molecule has 2 heterocycles. The number of amidine groups is 1. The molecule has 0 saturated carbocycles. The van der Waals surface area contributed by atoms with Crippen LogP contribution in [0, 0.1) is 0 Å². The number of hydrogen-bond donors (Lipinski definition) is 1. The van der Waals surface area contributed by atoms with E-state index >= 15 is 0 Å². The van der Waals surface area contributed by atoms with E-state index < -0.39 is 12.1 Å². The molecule has 0 aromatic heterocycles. The third-order valence-electron chi connectivity index (χ3n) is 6.93. The average Bonchev–Trinajstić information content (AvgIpc) is 3.34. The predicted molar refractivity (Wildman–Crippen MR) is 154 cm³/mol. The first kappa shape index (κ1) is 27.7.